The van der Waals surface area contributed by atoms with Crippen LogP contribution in [-0.4, -0.2) is 15.8 Å². The third-order valence-corrected chi connectivity index (χ3v) is 2.44. The van der Waals surface area contributed by atoms with E-state index in [2.05, 4.69) is 4.98 Å². The quantitative estimate of drug-likeness (QED) is 0.777. The van der Waals surface area contributed by atoms with Crippen LogP contribution in [-0.2, 0) is 0 Å². The first-order chi connectivity index (χ1) is 8.11. The van der Waals surface area contributed by atoms with Gasteiger partial charge < -0.3 is 5.73 Å². The molecule has 0 saturated carbocycles. The van der Waals surface area contributed by atoms with Gasteiger partial charge in [0.2, 0.25) is 0 Å². The second-order valence-electron chi connectivity index (χ2n) is 3.67. The van der Waals surface area contributed by atoms with Crippen LogP contribution < -0.4 is 11.4 Å². The summed E-state index contributed by atoms with van der Waals surface area (Å²) in [5.41, 5.74) is 7.06. The van der Waals surface area contributed by atoms with E-state index in [-0.39, 0.29) is 5.82 Å². The average molecular weight is 229 g/mol. The van der Waals surface area contributed by atoms with Crippen molar-refractivity contribution in [2.45, 2.75) is 6.92 Å². The van der Waals surface area contributed by atoms with Crippen molar-refractivity contribution in [1.82, 2.24) is 9.55 Å². The molecule has 0 unspecified atom stereocenters. The Morgan fingerprint density at radius 1 is 1.35 bits per heavy atom. The van der Waals surface area contributed by atoms with Crippen LogP contribution in [0, 0.1) is 6.92 Å². The zero-order valence-electron chi connectivity index (χ0n) is 9.25. The molecular formula is C12H11N3O2. The highest BCUT2D eigenvalue weighted by molar-refractivity contribution is 5.75. The number of nitrogen functional groups attached to an aromatic ring is 1. The summed E-state index contributed by atoms with van der Waals surface area (Å²) >= 11 is 0. The van der Waals surface area contributed by atoms with Gasteiger partial charge in [0.25, 0.3) is 0 Å². The van der Waals surface area contributed by atoms with Crippen LogP contribution in [0.5, 0.6) is 0 Å². The van der Waals surface area contributed by atoms with Gasteiger partial charge in [0.1, 0.15) is 12.1 Å². The summed E-state index contributed by atoms with van der Waals surface area (Å²) in [5.74, 6) is 0.188. The maximum absolute atomic E-state index is 11.6. The number of nitrogens with two attached hydrogens (primary N) is 1. The fraction of sp³-hybridized carbons (Fsp3) is 0.0833. The molecule has 0 bridgehead atoms. The normalized spacial score (nSPS) is 10.2. The number of rotatable bonds is 2. The molecule has 0 amide bonds. The number of hydrogen-bond acceptors (Lipinski definition) is 4. The van der Waals surface area contributed by atoms with Crippen molar-refractivity contribution in [2.75, 3.05) is 5.73 Å². The molecule has 0 atom stereocenters. The molecule has 5 heteroatoms. The van der Waals surface area contributed by atoms with Crippen molar-refractivity contribution >= 4 is 12.1 Å². The molecule has 2 aromatic rings. The number of benzene rings is 1. The summed E-state index contributed by atoms with van der Waals surface area (Å²) in [5, 5.41) is 0. The van der Waals surface area contributed by atoms with Crippen LogP contribution in [0.15, 0.2) is 35.3 Å². The maximum atomic E-state index is 11.6. The summed E-state index contributed by atoms with van der Waals surface area (Å²) in [4.78, 5) is 25.9. The molecule has 2 rings (SSSR count). The largest absolute Gasteiger partial charge is 0.383 e. The van der Waals surface area contributed by atoms with Crippen molar-refractivity contribution in [3.63, 3.8) is 0 Å². The van der Waals surface area contributed by atoms with Crippen molar-refractivity contribution in [3.05, 3.63) is 52.1 Å². The number of carbonyl (C=O) groups excluding carboxylic acids is 1. The highest BCUT2D eigenvalue weighted by Gasteiger charge is 2.05. The van der Waals surface area contributed by atoms with E-state index in [9.17, 15) is 9.59 Å². The smallest absolute Gasteiger partial charge is 0.354 e. The zero-order chi connectivity index (χ0) is 12.4. The number of anilines is 1. The lowest BCUT2D eigenvalue weighted by Gasteiger charge is -2.08. The molecular weight excluding hydrogens is 218 g/mol. The summed E-state index contributed by atoms with van der Waals surface area (Å²) in [6.45, 7) is 1.82. The summed E-state index contributed by atoms with van der Waals surface area (Å²) in [6, 6.07) is 6.62. The minimum atomic E-state index is -0.438. The molecule has 2 N–H and O–H groups in total. The number of aryl methyl sites for hydroxylation is 1. The standard InChI is InChI=1S/C12H11N3O2/c1-8-6-9(7-16)2-3-10(8)15-5-4-11(13)14-12(15)17/h2-7H,1H3,(H2,13,14,17). The summed E-state index contributed by atoms with van der Waals surface area (Å²) in [6.07, 6.45) is 2.33. The Hall–Kier alpha value is -2.43. The minimum absolute atomic E-state index is 0.188. The van der Waals surface area contributed by atoms with Crippen LogP contribution in [0.25, 0.3) is 5.69 Å². The molecule has 5 nitrogen and oxygen atoms in total. The van der Waals surface area contributed by atoms with Crippen molar-refractivity contribution in [3.8, 4) is 5.69 Å². The molecule has 1 heterocycles. The first kappa shape index (κ1) is 11.1. The van der Waals surface area contributed by atoms with E-state index in [4.69, 9.17) is 5.73 Å². The van der Waals surface area contributed by atoms with Gasteiger partial charge in [0, 0.05) is 11.8 Å². The zero-order valence-corrected chi connectivity index (χ0v) is 9.25. The molecule has 0 radical (unpaired) electrons. The van der Waals surface area contributed by atoms with E-state index in [0.29, 0.717) is 11.3 Å². The topological polar surface area (TPSA) is 78.0 Å². The van der Waals surface area contributed by atoms with Gasteiger partial charge in [-0.3, -0.25) is 9.36 Å². The maximum Gasteiger partial charge on any atom is 0.354 e. The van der Waals surface area contributed by atoms with Crippen molar-refractivity contribution in [2.24, 2.45) is 0 Å². The first-order valence-corrected chi connectivity index (χ1v) is 5.03. The fourth-order valence-corrected chi connectivity index (χ4v) is 1.62. The SMILES string of the molecule is Cc1cc(C=O)ccc1-n1ccc(N)nc1=O. The van der Waals surface area contributed by atoms with Gasteiger partial charge >= 0.3 is 5.69 Å². The fourth-order valence-electron chi connectivity index (χ4n) is 1.62. The van der Waals surface area contributed by atoms with Crippen LogP contribution in [0.4, 0.5) is 5.82 Å². The van der Waals surface area contributed by atoms with Gasteiger partial charge in [-0.25, -0.2) is 4.79 Å². The van der Waals surface area contributed by atoms with Crippen molar-refractivity contribution < 1.29 is 4.79 Å². The molecule has 0 aliphatic carbocycles. The molecule has 0 spiro atoms. The lowest BCUT2D eigenvalue weighted by Crippen LogP contribution is -2.22. The van der Waals surface area contributed by atoms with Gasteiger partial charge in [-0.05, 0) is 36.8 Å². The Morgan fingerprint density at radius 2 is 2.12 bits per heavy atom. The van der Waals surface area contributed by atoms with E-state index in [1.54, 1.807) is 30.5 Å². The lowest BCUT2D eigenvalue weighted by molar-refractivity contribution is 0.112. The highest BCUT2D eigenvalue weighted by atomic mass is 16.1. The molecule has 0 aliphatic rings. The molecule has 1 aromatic carbocycles. The van der Waals surface area contributed by atoms with Crippen LogP contribution in [0.3, 0.4) is 0 Å². The average Bonchev–Trinajstić information content (AvgIpc) is 2.30. The second-order valence-corrected chi connectivity index (χ2v) is 3.67. The van der Waals surface area contributed by atoms with Crippen LogP contribution in [0.2, 0.25) is 0 Å². The monoisotopic (exact) mass is 229 g/mol. The van der Waals surface area contributed by atoms with Crippen LogP contribution in [0.1, 0.15) is 15.9 Å². The van der Waals surface area contributed by atoms with Crippen LogP contribution >= 0.6 is 0 Å². The number of aromatic nitrogens is 2. The minimum Gasteiger partial charge on any atom is -0.383 e. The Kier molecular flexibility index (Phi) is 2.74. The third-order valence-electron chi connectivity index (χ3n) is 2.44. The Labute approximate surface area is 97.5 Å². The molecule has 1 aromatic heterocycles. The first-order valence-electron chi connectivity index (χ1n) is 5.03. The molecule has 0 saturated heterocycles. The Bertz CT molecular complexity index is 632. The number of carbonyl (C=O) groups is 1. The predicted octanol–water partition coefficient (Wildman–Crippen LogP) is 0.936. The Balaban J connectivity index is 2.61. The Morgan fingerprint density at radius 3 is 2.71 bits per heavy atom. The number of aldehydes is 1. The van der Waals surface area contributed by atoms with E-state index < -0.39 is 5.69 Å². The molecule has 0 fully saturated rings. The van der Waals surface area contributed by atoms with Gasteiger partial charge in [-0.1, -0.05) is 0 Å². The van der Waals surface area contributed by atoms with Gasteiger partial charge in [0.15, 0.2) is 0 Å². The van der Waals surface area contributed by atoms with E-state index in [1.807, 2.05) is 6.92 Å². The summed E-state index contributed by atoms with van der Waals surface area (Å²) in [7, 11) is 0. The molecule has 86 valence electrons. The van der Waals surface area contributed by atoms with Gasteiger partial charge in [-0.2, -0.15) is 4.98 Å². The lowest BCUT2D eigenvalue weighted by atomic mass is 10.1. The highest BCUT2D eigenvalue weighted by Crippen LogP contribution is 2.13. The van der Waals surface area contributed by atoms with E-state index >= 15 is 0 Å². The number of hydrogen-bond donors (Lipinski definition) is 1. The number of nitrogens with zero attached hydrogens (tertiary/aromatic N) is 2. The predicted molar refractivity (Wildman–Crippen MR) is 64.4 cm³/mol. The van der Waals surface area contributed by atoms with E-state index in [0.717, 1.165) is 11.8 Å². The van der Waals surface area contributed by atoms with Gasteiger partial charge in [-0.15, -0.1) is 0 Å². The van der Waals surface area contributed by atoms with Crippen molar-refractivity contribution in [1.29, 1.82) is 0 Å². The van der Waals surface area contributed by atoms with Gasteiger partial charge in [0.05, 0.1) is 5.69 Å². The summed E-state index contributed by atoms with van der Waals surface area (Å²) < 4.78 is 1.39. The third kappa shape index (κ3) is 2.08. The molecule has 0 aliphatic heterocycles. The second kappa shape index (κ2) is 4.21. The van der Waals surface area contributed by atoms with E-state index in [1.165, 1.54) is 4.57 Å². The molecule has 17 heavy (non-hydrogen) atoms.